The third-order valence-corrected chi connectivity index (χ3v) is 4.94. The Morgan fingerprint density at radius 2 is 1.92 bits per heavy atom. The molecule has 2 heterocycles. The Morgan fingerprint density at radius 3 is 2.67 bits per heavy atom. The molecule has 2 aromatic heterocycles. The first kappa shape index (κ1) is 15.1. The van der Waals surface area contributed by atoms with E-state index in [4.69, 9.17) is 0 Å². The van der Waals surface area contributed by atoms with Gasteiger partial charge >= 0.3 is 0 Å². The summed E-state index contributed by atoms with van der Waals surface area (Å²) in [7, 11) is 0. The molecule has 1 aliphatic carbocycles. The molecule has 1 aromatic carbocycles. The zero-order valence-electron chi connectivity index (χ0n) is 14.5. The van der Waals surface area contributed by atoms with Crippen LogP contribution in [0.15, 0.2) is 30.3 Å². The largest absolute Gasteiger partial charge is 0.365 e. The first-order valence-electron chi connectivity index (χ1n) is 8.57. The molecule has 0 unspecified atom stereocenters. The number of imidazole rings is 1. The second-order valence-corrected chi connectivity index (χ2v) is 7.06. The number of nitrogens with zero attached hydrogens (tertiary/aromatic N) is 4. The van der Waals surface area contributed by atoms with Crippen molar-refractivity contribution in [2.24, 2.45) is 0 Å². The van der Waals surface area contributed by atoms with E-state index in [2.05, 4.69) is 56.0 Å². The molecule has 5 nitrogen and oxygen atoms in total. The monoisotopic (exact) mass is 321 g/mol. The lowest BCUT2D eigenvalue weighted by Crippen LogP contribution is -2.42. The highest BCUT2D eigenvalue weighted by Gasteiger charge is 2.31. The molecule has 124 valence electrons. The zero-order chi connectivity index (χ0) is 16.7. The minimum atomic E-state index is 0.190. The number of fused-ring (bicyclic) bond motifs is 1. The molecule has 4 rings (SSSR count). The lowest BCUT2D eigenvalue weighted by Gasteiger charge is -2.39. The minimum absolute atomic E-state index is 0.190. The minimum Gasteiger partial charge on any atom is -0.365 e. The maximum Gasteiger partial charge on any atom is 0.130 e. The number of hydrogen-bond acceptors (Lipinski definition) is 4. The second kappa shape index (κ2) is 5.58. The molecule has 1 fully saturated rings. The summed E-state index contributed by atoms with van der Waals surface area (Å²) in [5.74, 6) is 2.75. The van der Waals surface area contributed by atoms with E-state index in [0.29, 0.717) is 6.54 Å². The Morgan fingerprint density at radius 1 is 1.12 bits per heavy atom. The standard InChI is InChI=1S/C19H23N5/c1-13-20-15(11-18(21-13)23-19(3)9-6-10-19)12-24-14(2)22-16-7-4-5-8-17(16)24/h4-5,7-8,11H,6,9-10,12H2,1-3H3,(H,20,21,23). The third-order valence-electron chi connectivity index (χ3n) is 4.94. The number of aromatic nitrogens is 4. The number of aryl methyl sites for hydroxylation is 2. The van der Waals surface area contributed by atoms with Gasteiger partial charge in [-0.05, 0) is 52.2 Å². The summed E-state index contributed by atoms with van der Waals surface area (Å²) in [4.78, 5) is 13.8. The van der Waals surface area contributed by atoms with Crippen LogP contribution in [-0.2, 0) is 6.54 Å². The summed E-state index contributed by atoms with van der Waals surface area (Å²) in [6, 6.07) is 10.3. The van der Waals surface area contributed by atoms with E-state index in [1.165, 1.54) is 19.3 Å². The Kier molecular flexibility index (Phi) is 3.52. The van der Waals surface area contributed by atoms with Crippen molar-refractivity contribution < 1.29 is 0 Å². The van der Waals surface area contributed by atoms with Crippen LogP contribution in [-0.4, -0.2) is 25.1 Å². The number of rotatable bonds is 4. The molecule has 0 spiro atoms. The lowest BCUT2D eigenvalue weighted by atomic mass is 9.78. The Balaban J connectivity index is 1.66. The molecule has 0 saturated heterocycles. The average molecular weight is 321 g/mol. The van der Waals surface area contributed by atoms with Crippen LogP contribution in [0.4, 0.5) is 5.82 Å². The van der Waals surface area contributed by atoms with Crippen LogP contribution in [0, 0.1) is 13.8 Å². The van der Waals surface area contributed by atoms with E-state index in [-0.39, 0.29) is 5.54 Å². The van der Waals surface area contributed by atoms with Crippen LogP contribution < -0.4 is 5.32 Å². The van der Waals surface area contributed by atoms with E-state index in [0.717, 1.165) is 34.2 Å². The van der Waals surface area contributed by atoms with E-state index >= 15 is 0 Å². The second-order valence-electron chi connectivity index (χ2n) is 7.06. The van der Waals surface area contributed by atoms with Crippen LogP contribution in [0.5, 0.6) is 0 Å². The summed E-state index contributed by atoms with van der Waals surface area (Å²) >= 11 is 0. The van der Waals surface area contributed by atoms with Gasteiger partial charge in [-0.25, -0.2) is 15.0 Å². The highest BCUT2D eigenvalue weighted by molar-refractivity contribution is 5.75. The van der Waals surface area contributed by atoms with Crippen LogP contribution in [0.3, 0.4) is 0 Å². The first-order valence-corrected chi connectivity index (χ1v) is 8.57. The molecule has 1 saturated carbocycles. The highest BCUT2D eigenvalue weighted by Crippen LogP contribution is 2.34. The molecule has 3 aromatic rings. The fraction of sp³-hybridized carbons (Fsp3) is 0.421. The average Bonchev–Trinajstić information content (AvgIpc) is 2.81. The van der Waals surface area contributed by atoms with Crippen LogP contribution in [0.1, 0.15) is 43.5 Å². The molecule has 1 N–H and O–H groups in total. The summed E-state index contributed by atoms with van der Waals surface area (Å²) in [5, 5.41) is 3.59. The van der Waals surface area contributed by atoms with Gasteiger partial charge in [0.05, 0.1) is 23.3 Å². The molecular weight excluding hydrogens is 298 g/mol. The molecule has 24 heavy (non-hydrogen) atoms. The van der Waals surface area contributed by atoms with Gasteiger partial charge in [-0.3, -0.25) is 0 Å². The SMILES string of the molecule is Cc1nc(Cn2c(C)nc3ccccc32)cc(NC2(C)CCC2)n1. The van der Waals surface area contributed by atoms with Gasteiger partial charge in [0.25, 0.3) is 0 Å². The van der Waals surface area contributed by atoms with Gasteiger partial charge in [-0.2, -0.15) is 0 Å². The topological polar surface area (TPSA) is 55.6 Å². The number of para-hydroxylation sites is 2. The fourth-order valence-corrected chi connectivity index (χ4v) is 3.47. The van der Waals surface area contributed by atoms with Crippen molar-refractivity contribution in [3.8, 4) is 0 Å². The maximum absolute atomic E-state index is 4.64. The summed E-state index contributed by atoms with van der Waals surface area (Å²) in [6.45, 7) is 6.97. The summed E-state index contributed by atoms with van der Waals surface area (Å²) in [5.41, 5.74) is 3.38. The number of hydrogen-bond donors (Lipinski definition) is 1. The molecule has 0 atom stereocenters. The predicted octanol–water partition coefficient (Wildman–Crippen LogP) is 3.85. The lowest BCUT2D eigenvalue weighted by molar-refractivity contribution is 0.305. The summed E-state index contributed by atoms with van der Waals surface area (Å²) < 4.78 is 2.21. The van der Waals surface area contributed by atoms with E-state index in [1.54, 1.807) is 0 Å². The van der Waals surface area contributed by atoms with Crippen molar-refractivity contribution in [2.75, 3.05) is 5.32 Å². The van der Waals surface area contributed by atoms with E-state index < -0.39 is 0 Å². The van der Waals surface area contributed by atoms with Crippen molar-refractivity contribution >= 4 is 16.9 Å². The normalized spacial score (nSPS) is 16.1. The van der Waals surface area contributed by atoms with E-state index in [9.17, 15) is 0 Å². The number of anilines is 1. The smallest absolute Gasteiger partial charge is 0.130 e. The van der Waals surface area contributed by atoms with Gasteiger partial charge in [0.15, 0.2) is 0 Å². The Bertz CT molecular complexity index is 892. The van der Waals surface area contributed by atoms with Gasteiger partial charge < -0.3 is 9.88 Å². The third kappa shape index (κ3) is 2.75. The van der Waals surface area contributed by atoms with Crippen molar-refractivity contribution in [1.82, 2.24) is 19.5 Å². The van der Waals surface area contributed by atoms with Gasteiger partial charge in [-0.1, -0.05) is 12.1 Å². The van der Waals surface area contributed by atoms with Gasteiger partial charge in [0, 0.05) is 11.6 Å². The first-order chi connectivity index (χ1) is 11.5. The highest BCUT2D eigenvalue weighted by atomic mass is 15.1. The maximum atomic E-state index is 4.64. The van der Waals surface area contributed by atoms with Crippen LogP contribution in [0.25, 0.3) is 11.0 Å². The van der Waals surface area contributed by atoms with Crippen molar-refractivity contribution in [3.05, 3.63) is 47.7 Å². The van der Waals surface area contributed by atoms with Gasteiger partial charge in [0.1, 0.15) is 17.5 Å². The molecule has 0 bridgehead atoms. The van der Waals surface area contributed by atoms with Crippen LogP contribution >= 0.6 is 0 Å². The van der Waals surface area contributed by atoms with Crippen LogP contribution in [0.2, 0.25) is 0 Å². The Labute approximate surface area is 142 Å². The molecule has 0 aliphatic heterocycles. The molecule has 5 heteroatoms. The van der Waals surface area contributed by atoms with Gasteiger partial charge in [0.2, 0.25) is 0 Å². The van der Waals surface area contributed by atoms with Crippen molar-refractivity contribution in [3.63, 3.8) is 0 Å². The Hall–Kier alpha value is -2.43. The molecule has 1 aliphatic rings. The van der Waals surface area contributed by atoms with Crippen molar-refractivity contribution in [2.45, 2.75) is 52.1 Å². The molecule has 0 radical (unpaired) electrons. The molecular formula is C19H23N5. The van der Waals surface area contributed by atoms with E-state index in [1.807, 2.05) is 19.9 Å². The summed E-state index contributed by atoms with van der Waals surface area (Å²) in [6.07, 6.45) is 3.70. The number of benzene rings is 1. The molecule has 0 amide bonds. The zero-order valence-corrected chi connectivity index (χ0v) is 14.5. The van der Waals surface area contributed by atoms with Gasteiger partial charge in [-0.15, -0.1) is 0 Å². The number of nitrogens with one attached hydrogen (secondary N) is 1. The van der Waals surface area contributed by atoms with Crippen molar-refractivity contribution in [1.29, 1.82) is 0 Å². The predicted molar refractivity (Wildman–Crippen MR) is 96.2 cm³/mol. The fourth-order valence-electron chi connectivity index (χ4n) is 3.47. The quantitative estimate of drug-likeness (QED) is 0.793.